The van der Waals surface area contributed by atoms with Gasteiger partial charge in [-0.15, -0.1) is 12.4 Å². The van der Waals surface area contributed by atoms with Crippen molar-refractivity contribution in [2.75, 3.05) is 13.1 Å². The van der Waals surface area contributed by atoms with Gasteiger partial charge >= 0.3 is 11.7 Å². The van der Waals surface area contributed by atoms with Crippen molar-refractivity contribution in [1.82, 2.24) is 14.9 Å². The smallest absolute Gasteiger partial charge is 0.352 e. The summed E-state index contributed by atoms with van der Waals surface area (Å²) < 4.78 is 0. The van der Waals surface area contributed by atoms with Crippen molar-refractivity contribution in [1.29, 1.82) is 0 Å². The van der Waals surface area contributed by atoms with Gasteiger partial charge in [-0.05, 0) is 25.9 Å². The van der Waals surface area contributed by atoms with E-state index in [0.29, 0.717) is 0 Å². The first-order valence-electron chi connectivity index (χ1n) is 5.89. The molecule has 7 nitrogen and oxygen atoms in total. The van der Waals surface area contributed by atoms with Gasteiger partial charge in [-0.1, -0.05) is 6.42 Å². The zero-order valence-electron chi connectivity index (χ0n) is 10.3. The highest BCUT2D eigenvalue weighted by Crippen LogP contribution is 2.12. The predicted octanol–water partition coefficient (Wildman–Crippen LogP) is 0.169. The van der Waals surface area contributed by atoms with Gasteiger partial charge in [0.15, 0.2) is 0 Å². The van der Waals surface area contributed by atoms with E-state index in [1.807, 2.05) is 4.90 Å². The number of hydrogen-bond donors (Lipinski definition) is 3. The summed E-state index contributed by atoms with van der Waals surface area (Å²) >= 11 is 0. The van der Waals surface area contributed by atoms with Gasteiger partial charge < -0.3 is 10.1 Å². The van der Waals surface area contributed by atoms with Gasteiger partial charge in [-0.25, -0.2) is 9.59 Å². The van der Waals surface area contributed by atoms with Crippen LogP contribution >= 0.6 is 12.4 Å². The maximum Gasteiger partial charge on any atom is 0.352 e. The van der Waals surface area contributed by atoms with Crippen LogP contribution in [0, 0.1) is 0 Å². The molecule has 19 heavy (non-hydrogen) atoms. The number of nitrogens with one attached hydrogen (secondary N) is 2. The lowest BCUT2D eigenvalue weighted by molar-refractivity contribution is 0.0686. The van der Waals surface area contributed by atoms with Crippen LogP contribution in [-0.4, -0.2) is 39.0 Å². The van der Waals surface area contributed by atoms with E-state index in [4.69, 9.17) is 5.11 Å². The number of likely N-dealkylation sites (tertiary alicyclic amines) is 1. The number of aromatic nitrogens is 2. The molecule has 0 saturated carbocycles. The highest BCUT2D eigenvalue weighted by molar-refractivity contribution is 5.86. The van der Waals surface area contributed by atoms with Crippen LogP contribution in [0.3, 0.4) is 0 Å². The van der Waals surface area contributed by atoms with Gasteiger partial charge in [0.25, 0.3) is 5.56 Å². The van der Waals surface area contributed by atoms with E-state index in [1.165, 1.54) is 0 Å². The molecule has 1 fully saturated rings. The van der Waals surface area contributed by atoms with Crippen LogP contribution in [0.4, 0.5) is 0 Å². The van der Waals surface area contributed by atoms with Gasteiger partial charge in [-0.3, -0.25) is 14.7 Å². The third kappa shape index (κ3) is 3.68. The number of aromatic amines is 2. The number of carboxylic acids is 1. The lowest BCUT2D eigenvalue weighted by Gasteiger charge is -2.26. The van der Waals surface area contributed by atoms with E-state index in [2.05, 4.69) is 9.97 Å². The third-order valence-corrected chi connectivity index (χ3v) is 3.09. The molecule has 0 bridgehead atoms. The van der Waals surface area contributed by atoms with Crippen molar-refractivity contribution < 1.29 is 9.90 Å². The predicted molar refractivity (Wildman–Crippen MR) is 71.0 cm³/mol. The molecule has 3 N–H and O–H groups in total. The van der Waals surface area contributed by atoms with Crippen molar-refractivity contribution in [3.05, 3.63) is 32.1 Å². The average Bonchev–Trinajstić information content (AvgIpc) is 2.33. The first kappa shape index (κ1) is 15.5. The average molecular weight is 290 g/mol. The summed E-state index contributed by atoms with van der Waals surface area (Å²) in [4.78, 5) is 40.0. The molecule has 1 aliphatic rings. The molecule has 0 unspecified atom stereocenters. The summed E-state index contributed by atoms with van der Waals surface area (Å²) in [6.45, 7) is 1.95. The largest absolute Gasteiger partial charge is 0.477 e. The minimum Gasteiger partial charge on any atom is -0.477 e. The highest BCUT2D eigenvalue weighted by Gasteiger charge is 2.19. The summed E-state index contributed by atoms with van der Waals surface area (Å²) in [6, 6.07) is 0. The molecule has 0 atom stereocenters. The number of carbonyl (C=O) groups is 1. The fraction of sp³-hybridized carbons (Fsp3) is 0.545. The Balaban J connectivity index is 0.00000180. The van der Waals surface area contributed by atoms with E-state index >= 15 is 0 Å². The van der Waals surface area contributed by atoms with Gasteiger partial charge in [0, 0.05) is 6.54 Å². The van der Waals surface area contributed by atoms with Crippen LogP contribution in [0.5, 0.6) is 0 Å². The van der Waals surface area contributed by atoms with E-state index in [-0.39, 0.29) is 30.2 Å². The molecule has 106 valence electrons. The number of aromatic carboxylic acids is 1. The van der Waals surface area contributed by atoms with Crippen LogP contribution in [0.2, 0.25) is 0 Å². The molecule has 8 heteroatoms. The molecule has 2 rings (SSSR count). The molecular formula is C11H16ClN3O4. The van der Waals surface area contributed by atoms with Crippen LogP contribution in [0.25, 0.3) is 0 Å². The minimum atomic E-state index is -1.29. The summed E-state index contributed by atoms with van der Waals surface area (Å²) in [5.74, 6) is -1.29. The zero-order chi connectivity index (χ0) is 13.1. The van der Waals surface area contributed by atoms with Gasteiger partial charge in [0.2, 0.25) is 0 Å². The topological polar surface area (TPSA) is 106 Å². The molecule has 1 saturated heterocycles. The number of halogens is 1. The third-order valence-electron chi connectivity index (χ3n) is 3.09. The molecular weight excluding hydrogens is 274 g/mol. The lowest BCUT2D eigenvalue weighted by Crippen LogP contribution is -2.36. The number of piperidine rings is 1. The normalized spacial score (nSPS) is 15.8. The maximum absolute atomic E-state index is 11.7. The molecule has 1 aliphatic heterocycles. The quantitative estimate of drug-likeness (QED) is 0.735. The Kier molecular flexibility index (Phi) is 5.31. The Morgan fingerprint density at radius 3 is 2.37 bits per heavy atom. The van der Waals surface area contributed by atoms with Crippen molar-refractivity contribution in [2.45, 2.75) is 25.8 Å². The number of H-pyrrole nitrogens is 2. The molecule has 0 radical (unpaired) electrons. The molecule has 0 aliphatic carbocycles. The van der Waals surface area contributed by atoms with Crippen molar-refractivity contribution in [2.24, 2.45) is 0 Å². The van der Waals surface area contributed by atoms with Crippen LogP contribution < -0.4 is 11.2 Å². The summed E-state index contributed by atoms with van der Waals surface area (Å²) in [5.41, 5.74) is -1.61. The Labute approximate surface area is 115 Å². The second-order valence-corrected chi connectivity index (χ2v) is 4.40. The Hall–Kier alpha value is -1.60. The monoisotopic (exact) mass is 289 g/mol. The fourth-order valence-electron chi connectivity index (χ4n) is 2.19. The summed E-state index contributed by atoms with van der Waals surface area (Å²) in [6.07, 6.45) is 3.25. The molecule has 2 heterocycles. The van der Waals surface area contributed by atoms with Crippen molar-refractivity contribution >= 4 is 18.4 Å². The fourth-order valence-corrected chi connectivity index (χ4v) is 2.19. The zero-order valence-corrected chi connectivity index (χ0v) is 11.1. The van der Waals surface area contributed by atoms with Crippen molar-refractivity contribution in [3.8, 4) is 0 Å². The number of nitrogens with zero attached hydrogens (tertiary/aromatic N) is 1. The SMILES string of the molecule is Cl.O=C(O)c1[nH]c(=O)[nH]c(=O)c1CN1CCCCC1. The number of hydrogen-bond acceptors (Lipinski definition) is 4. The Bertz CT molecular complexity index is 560. The minimum absolute atomic E-state index is 0. The van der Waals surface area contributed by atoms with Gasteiger partial charge in [-0.2, -0.15) is 0 Å². The highest BCUT2D eigenvalue weighted by atomic mass is 35.5. The number of carboxylic acid groups (broad SMARTS) is 1. The maximum atomic E-state index is 11.7. The van der Waals surface area contributed by atoms with Gasteiger partial charge in [0.05, 0.1) is 5.56 Å². The van der Waals surface area contributed by atoms with Crippen LogP contribution in [-0.2, 0) is 6.54 Å². The van der Waals surface area contributed by atoms with E-state index in [1.54, 1.807) is 0 Å². The van der Waals surface area contributed by atoms with E-state index < -0.39 is 17.2 Å². The Morgan fingerprint density at radius 2 is 1.79 bits per heavy atom. The van der Waals surface area contributed by atoms with E-state index in [0.717, 1.165) is 32.4 Å². The first-order valence-corrected chi connectivity index (χ1v) is 5.89. The van der Waals surface area contributed by atoms with Crippen molar-refractivity contribution in [3.63, 3.8) is 0 Å². The summed E-state index contributed by atoms with van der Waals surface area (Å²) in [7, 11) is 0. The standard InChI is InChI=1S/C11H15N3O4.ClH/c15-9-7(6-14-4-2-1-3-5-14)8(10(16)17)12-11(18)13-9;/h1-6H2,(H,16,17)(H2,12,13,15,18);1H. The lowest BCUT2D eigenvalue weighted by atomic mass is 10.1. The Morgan fingerprint density at radius 1 is 1.16 bits per heavy atom. The van der Waals surface area contributed by atoms with Gasteiger partial charge in [0.1, 0.15) is 5.69 Å². The molecule has 0 amide bonds. The summed E-state index contributed by atoms with van der Waals surface area (Å²) in [5, 5.41) is 9.00. The molecule has 0 aromatic carbocycles. The van der Waals surface area contributed by atoms with Crippen LogP contribution in [0.1, 0.15) is 35.3 Å². The second kappa shape index (κ2) is 6.53. The molecule has 1 aromatic heterocycles. The second-order valence-electron chi connectivity index (χ2n) is 4.40. The molecule has 1 aromatic rings. The molecule has 0 spiro atoms. The first-order chi connectivity index (χ1) is 8.58. The number of rotatable bonds is 3. The van der Waals surface area contributed by atoms with Crippen LogP contribution in [0.15, 0.2) is 9.59 Å². The van der Waals surface area contributed by atoms with E-state index in [9.17, 15) is 14.4 Å².